The SMILES string of the molecule is N#CCC(=N)c1cnn(C2CCCCO2)c1. The number of hydrogen-bond acceptors (Lipinski definition) is 4. The lowest BCUT2D eigenvalue weighted by atomic mass is 10.1. The standard InChI is InChI=1S/C11H14N4O/c12-5-4-10(13)9-7-14-15(8-9)11-3-1-2-6-16-11/h7-8,11,13H,1-4,6H2. The highest BCUT2D eigenvalue weighted by molar-refractivity contribution is 5.98. The molecule has 5 heteroatoms. The van der Waals surface area contributed by atoms with Crippen molar-refractivity contribution in [3.8, 4) is 6.07 Å². The van der Waals surface area contributed by atoms with Crippen molar-refractivity contribution in [2.75, 3.05) is 6.61 Å². The molecule has 0 saturated carbocycles. The van der Waals surface area contributed by atoms with Gasteiger partial charge in [0.1, 0.15) is 6.23 Å². The van der Waals surface area contributed by atoms with Crippen molar-refractivity contribution in [3.63, 3.8) is 0 Å². The summed E-state index contributed by atoms with van der Waals surface area (Å²) < 4.78 is 7.33. The highest BCUT2D eigenvalue weighted by Crippen LogP contribution is 2.21. The molecule has 1 aliphatic rings. The highest BCUT2D eigenvalue weighted by atomic mass is 16.5. The molecule has 16 heavy (non-hydrogen) atoms. The second-order valence-corrected chi connectivity index (χ2v) is 3.84. The maximum atomic E-state index is 8.51. The van der Waals surface area contributed by atoms with Gasteiger partial charge in [-0.25, -0.2) is 4.68 Å². The van der Waals surface area contributed by atoms with E-state index in [1.54, 1.807) is 17.1 Å². The molecule has 0 amide bonds. The second kappa shape index (κ2) is 4.90. The number of hydrogen-bond donors (Lipinski definition) is 1. The van der Waals surface area contributed by atoms with Crippen LogP contribution in [0.2, 0.25) is 0 Å². The van der Waals surface area contributed by atoms with Gasteiger partial charge in [-0.15, -0.1) is 0 Å². The average molecular weight is 218 g/mol. The molecule has 1 atom stereocenters. The summed E-state index contributed by atoms with van der Waals surface area (Å²) >= 11 is 0. The Hall–Kier alpha value is -1.67. The van der Waals surface area contributed by atoms with Gasteiger partial charge < -0.3 is 10.1 Å². The Morgan fingerprint density at radius 2 is 2.56 bits per heavy atom. The van der Waals surface area contributed by atoms with E-state index in [1.165, 1.54) is 0 Å². The Kier molecular flexibility index (Phi) is 3.32. The normalized spacial score (nSPS) is 20.3. The van der Waals surface area contributed by atoms with Crippen LogP contribution in [0.25, 0.3) is 0 Å². The van der Waals surface area contributed by atoms with Crippen molar-refractivity contribution in [1.82, 2.24) is 9.78 Å². The van der Waals surface area contributed by atoms with Gasteiger partial charge in [-0.2, -0.15) is 10.4 Å². The molecule has 1 fully saturated rings. The molecular formula is C11H14N4O. The Bertz CT molecular complexity index is 412. The smallest absolute Gasteiger partial charge is 0.150 e. The molecule has 5 nitrogen and oxygen atoms in total. The molecule has 0 aliphatic carbocycles. The molecule has 1 N–H and O–H groups in total. The predicted molar refractivity (Wildman–Crippen MR) is 58.1 cm³/mol. The van der Waals surface area contributed by atoms with Crippen LogP contribution in [0.4, 0.5) is 0 Å². The molecule has 0 aromatic carbocycles. The zero-order valence-corrected chi connectivity index (χ0v) is 9.02. The number of nitriles is 1. The lowest BCUT2D eigenvalue weighted by Crippen LogP contribution is -2.18. The van der Waals surface area contributed by atoms with E-state index < -0.39 is 0 Å². The summed E-state index contributed by atoms with van der Waals surface area (Å²) in [6, 6.07) is 1.96. The largest absolute Gasteiger partial charge is 0.357 e. The molecule has 1 aliphatic heterocycles. The third kappa shape index (κ3) is 2.28. The van der Waals surface area contributed by atoms with Crippen LogP contribution in [0.3, 0.4) is 0 Å². The van der Waals surface area contributed by atoms with Gasteiger partial charge in [-0.1, -0.05) is 0 Å². The molecule has 1 aromatic rings. The summed E-state index contributed by atoms with van der Waals surface area (Å²) in [7, 11) is 0. The lowest BCUT2D eigenvalue weighted by molar-refractivity contribution is -0.0394. The van der Waals surface area contributed by atoms with E-state index in [1.807, 2.05) is 6.07 Å². The van der Waals surface area contributed by atoms with Gasteiger partial charge >= 0.3 is 0 Å². The van der Waals surface area contributed by atoms with Crippen molar-refractivity contribution in [2.45, 2.75) is 31.9 Å². The van der Waals surface area contributed by atoms with Crippen molar-refractivity contribution < 1.29 is 4.74 Å². The molecule has 1 aromatic heterocycles. The van der Waals surface area contributed by atoms with Gasteiger partial charge in [-0.3, -0.25) is 0 Å². The molecule has 1 unspecified atom stereocenters. The zero-order valence-electron chi connectivity index (χ0n) is 9.02. The van der Waals surface area contributed by atoms with Crippen molar-refractivity contribution in [1.29, 1.82) is 10.7 Å². The first-order valence-corrected chi connectivity index (χ1v) is 5.42. The van der Waals surface area contributed by atoms with Crippen LogP contribution in [-0.4, -0.2) is 22.1 Å². The first-order valence-electron chi connectivity index (χ1n) is 5.42. The molecule has 2 rings (SSSR count). The lowest BCUT2D eigenvalue weighted by Gasteiger charge is -2.22. The molecule has 1 saturated heterocycles. The second-order valence-electron chi connectivity index (χ2n) is 3.84. The summed E-state index contributed by atoms with van der Waals surface area (Å²) in [5.74, 6) is 0. The summed E-state index contributed by atoms with van der Waals surface area (Å²) in [4.78, 5) is 0. The first kappa shape index (κ1) is 10.8. The Balaban J connectivity index is 2.07. The maximum absolute atomic E-state index is 8.51. The van der Waals surface area contributed by atoms with Crippen LogP contribution >= 0.6 is 0 Å². The number of aromatic nitrogens is 2. The van der Waals surface area contributed by atoms with Gasteiger partial charge in [0.25, 0.3) is 0 Å². The Morgan fingerprint density at radius 3 is 3.25 bits per heavy atom. The van der Waals surface area contributed by atoms with Crippen LogP contribution in [-0.2, 0) is 4.74 Å². The molecule has 0 bridgehead atoms. The highest BCUT2D eigenvalue weighted by Gasteiger charge is 2.17. The predicted octanol–water partition coefficient (Wildman–Crippen LogP) is 1.86. The van der Waals surface area contributed by atoms with Crippen molar-refractivity contribution in [2.24, 2.45) is 0 Å². The van der Waals surface area contributed by atoms with E-state index in [0.717, 1.165) is 25.9 Å². The van der Waals surface area contributed by atoms with E-state index in [9.17, 15) is 0 Å². The fraction of sp³-hybridized carbons (Fsp3) is 0.545. The monoisotopic (exact) mass is 218 g/mol. The zero-order chi connectivity index (χ0) is 11.4. The Labute approximate surface area is 94.1 Å². The molecule has 0 radical (unpaired) electrons. The van der Waals surface area contributed by atoms with Gasteiger partial charge in [0, 0.05) is 18.4 Å². The number of nitrogens with zero attached hydrogens (tertiary/aromatic N) is 3. The third-order valence-corrected chi connectivity index (χ3v) is 2.66. The minimum Gasteiger partial charge on any atom is -0.357 e. The summed E-state index contributed by atoms with van der Waals surface area (Å²) in [6.45, 7) is 0.773. The number of rotatable bonds is 3. The average Bonchev–Trinajstić information content (AvgIpc) is 2.80. The van der Waals surface area contributed by atoms with Crippen LogP contribution in [0.1, 0.15) is 37.5 Å². The summed E-state index contributed by atoms with van der Waals surface area (Å²) in [5, 5.41) is 20.3. The van der Waals surface area contributed by atoms with Crippen LogP contribution in [0.15, 0.2) is 12.4 Å². The molecular weight excluding hydrogens is 204 g/mol. The third-order valence-electron chi connectivity index (χ3n) is 2.66. The minimum absolute atomic E-state index is 0.00242. The van der Waals surface area contributed by atoms with Gasteiger partial charge in [-0.05, 0) is 19.3 Å². The van der Waals surface area contributed by atoms with E-state index in [-0.39, 0.29) is 12.6 Å². The van der Waals surface area contributed by atoms with Crippen LogP contribution in [0, 0.1) is 16.7 Å². The Morgan fingerprint density at radius 1 is 1.69 bits per heavy atom. The van der Waals surface area contributed by atoms with Gasteiger partial charge in [0.15, 0.2) is 0 Å². The quantitative estimate of drug-likeness (QED) is 0.787. The molecule has 0 spiro atoms. The van der Waals surface area contributed by atoms with Crippen LogP contribution < -0.4 is 0 Å². The minimum atomic E-state index is -0.00242. The van der Waals surface area contributed by atoms with E-state index in [2.05, 4.69) is 5.10 Å². The van der Waals surface area contributed by atoms with Gasteiger partial charge in [0.2, 0.25) is 0 Å². The van der Waals surface area contributed by atoms with Gasteiger partial charge in [0.05, 0.1) is 24.4 Å². The summed E-state index contributed by atoms with van der Waals surface area (Å²) in [6.07, 6.45) is 6.75. The molecule has 2 heterocycles. The fourth-order valence-electron chi connectivity index (χ4n) is 1.76. The first-order chi connectivity index (χ1) is 7.81. The van der Waals surface area contributed by atoms with E-state index >= 15 is 0 Å². The van der Waals surface area contributed by atoms with E-state index in [0.29, 0.717) is 11.3 Å². The topological polar surface area (TPSA) is 74.7 Å². The van der Waals surface area contributed by atoms with Crippen molar-refractivity contribution >= 4 is 5.71 Å². The fourth-order valence-corrected chi connectivity index (χ4v) is 1.76. The summed E-state index contributed by atoms with van der Waals surface area (Å²) in [5.41, 5.74) is 1.01. The van der Waals surface area contributed by atoms with E-state index in [4.69, 9.17) is 15.4 Å². The maximum Gasteiger partial charge on any atom is 0.150 e. The number of ether oxygens (including phenoxy) is 1. The number of nitrogens with one attached hydrogen (secondary N) is 1. The molecule has 84 valence electrons. The van der Waals surface area contributed by atoms with Crippen molar-refractivity contribution in [3.05, 3.63) is 18.0 Å². The van der Waals surface area contributed by atoms with Crippen LogP contribution in [0.5, 0.6) is 0 Å².